The van der Waals surface area contributed by atoms with Crippen molar-refractivity contribution in [2.75, 3.05) is 46.3 Å². The fraction of sp³-hybridized carbons (Fsp3) is 0.647. The van der Waals surface area contributed by atoms with Crippen molar-refractivity contribution in [2.24, 2.45) is 5.92 Å². The van der Waals surface area contributed by atoms with Gasteiger partial charge in [0, 0.05) is 45.3 Å². The lowest BCUT2D eigenvalue weighted by molar-refractivity contribution is 0.0887. The van der Waals surface area contributed by atoms with Gasteiger partial charge in [-0.15, -0.1) is 0 Å². The van der Waals surface area contributed by atoms with Gasteiger partial charge in [0.15, 0.2) is 0 Å². The Morgan fingerprint density at radius 1 is 1.05 bits per heavy atom. The van der Waals surface area contributed by atoms with Crippen LogP contribution in [0.4, 0.5) is 0 Å². The van der Waals surface area contributed by atoms with E-state index in [9.17, 15) is 0 Å². The van der Waals surface area contributed by atoms with Crippen molar-refractivity contribution in [1.82, 2.24) is 15.1 Å². The number of nitrogens with one attached hydrogen (secondary N) is 1. The standard InChI is InChI=1S/C17H29N3/c1-15(2)14-19-9-11-20(12-10-19)17(13-18-3)16-7-5-4-6-8-16/h4-8,15,17-18H,9-14H2,1-3H3. The van der Waals surface area contributed by atoms with Crippen molar-refractivity contribution >= 4 is 0 Å². The van der Waals surface area contributed by atoms with Gasteiger partial charge in [-0.25, -0.2) is 0 Å². The lowest BCUT2D eigenvalue weighted by Gasteiger charge is -2.40. The first-order valence-corrected chi connectivity index (χ1v) is 7.86. The largest absolute Gasteiger partial charge is 0.318 e. The first-order chi connectivity index (χ1) is 9.70. The number of piperazine rings is 1. The summed E-state index contributed by atoms with van der Waals surface area (Å²) in [7, 11) is 2.05. The molecule has 2 rings (SSSR count). The lowest BCUT2D eigenvalue weighted by atomic mass is 10.0. The number of likely N-dealkylation sites (N-methyl/N-ethyl adjacent to an activating group) is 1. The Bertz CT molecular complexity index is 369. The topological polar surface area (TPSA) is 18.5 Å². The normalized spacial score (nSPS) is 19.4. The first kappa shape index (κ1) is 15.5. The third-order valence-corrected chi connectivity index (χ3v) is 4.05. The molecule has 0 radical (unpaired) electrons. The average molecular weight is 275 g/mol. The summed E-state index contributed by atoms with van der Waals surface area (Å²) in [5, 5.41) is 3.35. The summed E-state index contributed by atoms with van der Waals surface area (Å²) in [6.45, 7) is 11.6. The highest BCUT2D eigenvalue weighted by Gasteiger charge is 2.24. The molecule has 0 amide bonds. The molecular weight excluding hydrogens is 246 g/mol. The summed E-state index contributed by atoms with van der Waals surface area (Å²) >= 11 is 0. The van der Waals surface area contributed by atoms with Crippen molar-refractivity contribution in [2.45, 2.75) is 19.9 Å². The molecule has 1 aliphatic heterocycles. The minimum Gasteiger partial charge on any atom is -0.318 e. The summed E-state index contributed by atoms with van der Waals surface area (Å²) in [5.74, 6) is 0.767. The second-order valence-electron chi connectivity index (χ2n) is 6.21. The van der Waals surface area contributed by atoms with E-state index < -0.39 is 0 Å². The molecule has 1 aliphatic rings. The first-order valence-electron chi connectivity index (χ1n) is 7.86. The minimum absolute atomic E-state index is 0.502. The number of benzene rings is 1. The van der Waals surface area contributed by atoms with Crippen LogP contribution in [0.5, 0.6) is 0 Å². The van der Waals surface area contributed by atoms with Gasteiger partial charge in [-0.3, -0.25) is 4.90 Å². The van der Waals surface area contributed by atoms with Gasteiger partial charge in [0.2, 0.25) is 0 Å². The van der Waals surface area contributed by atoms with Gasteiger partial charge in [0.1, 0.15) is 0 Å². The van der Waals surface area contributed by atoms with Gasteiger partial charge in [-0.2, -0.15) is 0 Å². The molecule has 1 aromatic carbocycles. The third kappa shape index (κ3) is 4.30. The lowest BCUT2D eigenvalue weighted by Crippen LogP contribution is -2.49. The zero-order valence-electron chi connectivity index (χ0n) is 13.2. The van der Waals surface area contributed by atoms with Crippen molar-refractivity contribution in [3.05, 3.63) is 35.9 Å². The van der Waals surface area contributed by atoms with E-state index in [2.05, 4.69) is 59.3 Å². The Morgan fingerprint density at radius 2 is 1.70 bits per heavy atom. The predicted octanol–water partition coefficient (Wildman–Crippen LogP) is 2.22. The van der Waals surface area contributed by atoms with Crippen molar-refractivity contribution in [3.63, 3.8) is 0 Å². The van der Waals surface area contributed by atoms with Crippen LogP contribution in [0.3, 0.4) is 0 Å². The summed E-state index contributed by atoms with van der Waals surface area (Å²) in [6, 6.07) is 11.4. The molecule has 112 valence electrons. The second-order valence-corrected chi connectivity index (χ2v) is 6.21. The van der Waals surface area contributed by atoms with Crippen LogP contribution in [-0.2, 0) is 0 Å². The molecule has 1 aromatic rings. The molecule has 0 saturated carbocycles. The predicted molar refractivity (Wildman–Crippen MR) is 86.0 cm³/mol. The van der Waals surface area contributed by atoms with E-state index >= 15 is 0 Å². The quantitative estimate of drug-likeness (QED) is 0.859. The van der Waals surface area contributed by atoms with Crippen molar-refractivity contribution < 1.29 is 0 Å². The molecule has 0 bridgehead atoms. The van der Waals surface area contributed by atoms with Crippen molar-refractivity contribution in [3.8, 4) is 0 Å². The molecule has 3 nitrogen and oxygen atoms in total. The highest BCUT2D eigenvalue weighted by Crippen LogP contribution is 2.21. The summed E-state index contributed by atoms with van der Waals surface area (Å²) in [5.41, 5.74) is 1.43. The van der Waals surface area contributed by atoms with E-state index in [4.69, 9.17) is 0 Å². The fourth-order valence-corrected chi connectivity index (χ4v) is 3.10. The molecule has 1 saturated heterocycles. The van der Waals surface area contributed by atoms with E-state index in [1.165, 1.54) is 38.3 Å². The molecule has 3 heteroatoms. The molecule has 0 spiro atoms. The summed E-state index contributed by atoms with van der Waals surface area (Å²) in [4.78, 5) is 5.23. The molecule has 1 fully saturated rings. The van der Waals surface area contributed by atoms with E-state index in [1.54, 1.807) is 0 Å². The van der Waals surface area contributed by atoms with Gasteiger partial charge in [-0.05, 0) is 18.5 Å². The van der Waals surface area contributed by atoms with E-state index in [1.807, 2.05) is 7.05 Å². The molecular formula is C17H29N3. The highest BCUT2D eigenvalue weighted by atomic mass is 15.3. The maximum Gasteiger partial charge on any atom is 0.0473 e. The Kier molecular flexibility index (Phi) is 6.02. The molecule has 1 N–H and O–H groups in total. The molecule has 1 heterocycles. The van der Waals surface area contributed by atoms with Crippen LogP contribution >= 0.6 is 0 Å². The fourth-order valence-electron chi connectivity index (χ4n) is 3.10. The number of rotatable bonds is 6. The van der Waals surface area contributed by atoms with Gasteiger partial charge in [-0.1, -0.05) is 44.2 Å². The van der Waals surface area contributed by atoms with Gasteiger partial charge in [0.25, 0.3) is 0 Å². The number of hydrogen-bond donors (Lipinski definition) is 1. The second kappa shape index (κ2) is 7.77. The number of hydrogen-bond acceptors (Lipinski definition) is 3. The molecule has 1 unspecified atom stereocenters. The van der Waals surface area contributed by atoms with E-state index in [-0.39, 0.29) is 0 Å². The van der Waals surface area contributed by atoms with Crippen LogP contribution in [0.2, 0.25) is 0 Å². The Labute approximate surface area is 124 Å². The summed E-state index contributed by atoms with van der Waals surface area (Å²) < 4.78 is 0. The Morgan fingerprint density at radius 3 is 2.25 bits per heavy atom. The monoisotopic (exact) mass is 275 g/mol. The van der Waals surface area contributed by atoms with Crippen LogP contribution in [0.25, 0.3) is 0 Å². The number of nitrogens with zero attached hydrogens (tertiary/aromatic N) is 2. The van der Waals surface area contributed by atoms with Crippen LogP contribution in [0.15, 0.2) is 30.3 Å². The average Bonchev–Trinajstić information content (AvgIpc) is 2.46. The van der Waals surface area contributed by atoms with Crippen molar-refractivity contribution in [1.29, 1.82) is 0 Å². The smallest absolute Gasteiger partial charge is 0.0473 e. The van der Waals surface area contributed by atoms with Crippen LogP contribution in [0.1, 0.15) is 25.5 Å². The van der Waals surface area contributed by atoms with Crippen LogP contribution < -0.4 is 5.32 Å². The zero-order chi connectivity index (χ0) is 14.4. The van der Waals surface area contributed by atoms with Gasteiger partial charge in [0.05, 0.1) is 0 Å². The molecule has 0 aromatic heterocycles. The van der Waals surface area contributed by atoms with Gasteiger partial charge >= 0.3 is 0 Å². The highest BCUT2D eigenvalue weighted by molar-refractivity contribution is 5.19. The minimum atomic E-state index is 0.502. The summed E-state index contributed by atoms with van der Waals surface area (Å²) in [6.07, 6.45) is 0. The van der Waals surface area contributed by atoms with Gasteiger partial charge < -0.3 is 10.2 Å². The Balaban J connectivity index is 1.95. The zero-order valence-corrected chi connectivity index (χ0v) is 13.2. The third-order valence-electron chi connectivity index (χ3n) is 4.05. The maximum absolute atomic E-state index is 3.35. The maximum atomic E-state index is 3.35. The SMILES string of the molecule is CNCC(c1ccccc1)N1CCN(CC(C)C)CC1. The van der Waals surface area contributed by atoms with Crippen LogP contribution in [0, 0.1) is 5.92 Å². The van der Waals surface area contributed by atoms with Crippen LogP contribution in [-0.4, -0.2) is 56.1 Å². The Hall–Kier alpha value is -0.900. The molecule has 20 heavy (non-hydrogen) atoms. The van der Waals surface area contributed by atoms with E-state index in [0.29, 0.717) is 6.04 Å². The molecule has 1 atom stereocenters. The van der Waals surface area contributed by atoms with E-state index in [0.717, 1.165) is 12.5 Å². The molecule has 0 aliphatic carbocycles.